The van der Waals surface area contributed by atoms with E-state index in [0.717, 1.165) is 18.7 Å². The predicted octanol–water partition coefficient (Wildman–Crippen LogP) is 0.900. The molecule has 72 valence electrons. The summed E-state index contributed by atoms with van der Waals surface area (Å²) in [6.45, 7) is 5.21. The van der Waals surface area contributed by atoms with E-state index >= 15 is 0 Å². The molecule has 1 rings (SSSR count). The summed E-state index contributed by atoms with van der Waals surface area (Å²) in [6.07, 6.45) is 1.03. The maximum Gasteiger partial charge on any atom is 0.0946 e. The summed E-state index contributed by atoms with van der Waals surface area (Å²) >= 11 is 0. The van der Waals surface area contributed by atoms with Crippen LogP contribution in [0.25, 0.3) is 0 Å². The molecule has 0 aliphatic carbocycles. The minimum Gasteiger partial charge on any atom is -0.372 e. The van der Waals surface area contributed by atoms with Gasteiger partial charge < -0.3 is 10.2 Å². The molecule has 13 heavy (non-hydrogen) atoms. The Morgan fingerprint density at radius 1 is 1.85 bits per heavy atom. The van der Waals surface area contributed by atoms with E-state index in [0.29, 0.717) is 6.54 Å². The monoisotopic (exact) mass is 181 g/mol. The number of hydrazone groups is 1. The minimum atomic E-state index is 0.00183. The van der Waals surface area contributed by atoms with E-state index in [1.165, 1.54) is 0 Å². The van der Waals surface area contributed by atoms with Gasteiger partial charge in [0.05, 0.1) is 30.4 Å². The summed E-state index contributed by atoms with van der Waals surface area (Å²) in [7, 11) is 0. The lowest BCUT2D eigenvalue weighted by Crippen LogP contribution is -2.20. The Bertz CT molecular complexity index is 232. The van der Waals surface area contributed by atoms with Crippen LogP contribution in [0.4, 0.5) is 0 Å². The van der Waals surface area contributed by atoms with Crippen molar-refractivity contribution in [2.45, 2.75) is 26.4 Å². The second kappa shape index (κ2) is 4.83. The first-order valence-corrected chi connectivity index (χ1v) is 4.54. The quantitative estimate of drug-likeness (QED) is 0.658. The van der Waals surface area contributed by atoms with Gasteiger partial charge in [-0.1, -0.05) is 0 Å². The van der Waals surface area contributed by atoms with Crippen LogP contribution >= 0.6 is 0 Å². The Morgan fingerprint density at radius 2 is 2.62 bits per heavy atom. The standard InChI is InChI=1S/C9H15N3O/c1-7(5-10)6-11-12-9-3-4-13-8(9)2/h7-8,11H,3-4,6H2,1-2H3/b12-9-. The van der Waals surface area contributed by atoms with Crippen LogP contribution in [0.2, 0.25) is 0 Å². The Labute approximate surface area is 78.6 Å². The fraction of sp³-hybridized carbons (Fsp3) is 0.778. The first kappa shape index (κ1) is 10.0. The number of hydrogen-bond acceptors (Lipinski definition) is 4. The van der Waals surface area contributed by atoms with Gasteiger partial charge in [0.25, 0.3) is 0 Å². The number of rotatable bonds is 3. The molecule has 1 aliphatic rings. The zero-order valence-electron chi connectivity index (χ0n) is 8.08. The van der Waals surface area contributed by atoms with Gasteiger partial charge in [-0.2, -0.15) is 10.4 Å². The summed E-state index contributed by atoms with van der Waals surface area (Å²) in [5, 5.41) is 12.7. The molecule has 2 atom stereocenters. The number of hydrogen-bond donors (Lipinski definition) is 1. The lowest BCUT2D eigenvalue weighted by Gasteiger charge is -2.05. The van der Waals surface area contributed by atoms with Gasteiger partial charge in [0.1, 0.15) is 0 Å². The van der Waals surface area contributed by atoms with Crippen LogP contribution in [-0.2, 0) is 4.74 Å². The maximum absolute atomic E-state index is 8.52. The Morgan fingerprint density at radius 3 is 3.15 bits per heavy atom. The second-order valence-electron chi connectivity index (χ2n) is 3.26. The minimum absolute atomic E-state index is 0.00183. The zero-order valence-corrected chi connectivity index (χ0v) is 8.08. The van der Waals surface area contributed by atoms with Gasteiger partial charge in [0, 0.05) is 13.0 Å². The normalized spacial score (nSPS) is 27.2. The SMILES string of the molecule is CC(C#N)CN/N=C1/CCOC1C. The molecule has 0 bridgehead atoms. The molecule has 0 radical (unpaired) electrons. The largest absolute Gasteiger partial charge is 0.372 e. The molecule has 4 heteroatoms. The molecule has 1 N–H and O–H groups in total. The summed E-state index contributed by atoms with van der Waals surface area (Å²) < 4.78 is 5.31. The van der Waals surface area contributed by atoms with Gasteiger partial charge in [-0.25, -0.2) is 0 Å². The number of nitrogens with zero attached hydrogens (tertiary/aromatic N) is 2. The molecule has 0 aromatic carbocycles. The van der Waals surface area contributed by atoms with Crippen LogP contribution in [0.3, 0.4) is 0 Å². The smallest absolute Gasteiger partial charge is 0.0946 e. The zero-order chi connectivity index (χ0) is 9.68. The Kier molecular flexibility index (Phi) is 3.71. The van der Waals surface area contributed by atoms with Crippen molar-refractivity contribution in [3.63, 3.8) is 0 Å². The molecular formula is C9H15N3O. The Hall–Kier alpha value is -1.08. The highest BCUT2D eigenvalue weighted by Gasteiger charge is 2.18. The number of nitrogens with one attached hydrogen (secondary N) is 1. The van der Waals surface area contributed by atoms with Crippen molar-refractivity contribution in [1.29, 1.82) is 5.26 Å². The molecule has 0 spiro atoms. The summed E-state index contributed by atoms with van der Waals surface area (Å²) in [5.41, 5.74) is 3.94. The fourth-order valence-corrected chi connectivity index (χ4v) is 1.12. The Balaban J connectivity index is 2.28. The van der Waals surface area contributed by atoms with Crippen molar-refractivity contribution < 1.29 is 4.74 Å². The van der Waals surface area contributed by atoms with Crippen molar-refractivity contribution in [3.05, 3.63) is 0 Å². The molecule has 1 saturated heterocycles. The van der Waals surface area contributed by atoms with E-state index in [9.17, 15) is 0 Å². The van der Waals surface area contributed by atoms with Crippen molar-refractivity contribution in [2.75, 3.05) is 13.2 Å². The fourth-order valence-electron chi connectivity index (χ4n) is 1.12. The van der Waals surface area contributed by atoms with Crippen LogP contribution in [-0.4, -0.2) is 25.0 Å². The maximum atomic E-state index is 8.52. The summed E-state index contributed by atoms with van der Waals surface area (Å²) in [6, 6.07) is 2.14. The van der Waals surface area contributed by atoms with Gasteiger partial charge in [-0.3, -0.25) is 0 Å². The third-order valence-electron chi connectivity index (χ3n) is 2.04. The first-order chi connectivity index (χ1) is 6.24. The highest BCUT2D eigenvalue weighted by Crippen LogP contribution is 2.08. The molecule has 4 nitrogen and oxygen atoms in total. The number of ether oxygens (including phenoxy) is 1. The third kappa shape index (κ3) is 3.03. The molecule has 2 unspecified atom stereocenters. The highest BCUT2D eigenvalue weighted by molar-refractivity contribution is 5.89. The summed E-state index contributed by atoms with van der Waals surface area (Å²) in [4.78, 5) is 0. The van der Waals surface area contributed by atoms with Gasteiger partial charge >= 0.3 is 0 Å². The molecule has 1 aliphatic heterocycles. The summed E-state index contributed by atoms with van der Waals surface area (Å²) in [5.74, 6) is 0.00183. The molecule has 0 aromatic heterocycles. The lowest BCUT2D eigenvalue weighted by atomic mass is 10.2. The van der Waals surface area contributed by atoms with E-state index in [1.54, 1.807) is 0 Å². The first-order valence-electron chi connectivity index (χ1n) is 4.54. The van der Waals surface area contributed by atoms with Crippen molar-refractivity contribution in [3.8, 4) is 6.07 Å². The highest BCUT2D eigenvalue weighted by atomic mass is 16.5. The topological polar surface area (TPSA) is 57.4 Å². The van der Waals surface area contributed by atoms with Gasteiger partial charge in [-0.15, -0.1) is 0 Å². The van der Waals surface area contributed by atoms with Crippen LogP contribution in [0.1, 0.15) is 20.3 Å². The van der Waals surface area contributed by atoms with Crippen molar-refractivity contribution >= 4 is 5.71 Å². The second-order valence-corrected chi connectivity index (χ2v) is 3.26. The predicted molar refractivity (Wildman–Crippen MR) is 50.2 cm³/mol. The van der Waals surface area contributed by atoms with E-state index < -0.39 is 0 Å². The van der Waals surface area contributed by atoms with Crippen LogP contribution < -0.4 is 5.43 Å². The average molecular weight is 181 g/mol. The van der Waals surface area contributed by atoms with Gasteiger partial charge in [-0.05, 0) is 13.8 Å². The van der Waals surface area contributed by atoms with Crippen LogP contribution in [0.5, 0.6) is 0 Å². The van der Waals surface area contributed by atoms with Gasteiger partial charge in [0.2, 0.25) is 0 Å². The van der Waals surface area contributed by atoms with Gasteiger partial charge in [0.15, 0.2) is 0 Å². The van der Waals surface area contributed by atoms with E-state index in [4.69, 9.17) is 10.00 Å². The van der Waals surface area contributed by atoms with Crippen molar-refractivity contribution in [2.24, 2.45) is 11.0 Å². The molecule has 0 aromatic rings. The van der Waals surface area contributed by atoms with Crippen LogP contribution in [0, 0.1) is 17.2 Å². The molecule has 0 amide bonds. The average Bonchev–Trinajstić information content (AvgIpc) is 2.52. The van der Waals surface area contributed by atoms with Crippen LogP contribution in [0.15, 0.2) is 5.10 Å². The third-order valence-corrected chi connectivity index (χ3v) is 2.04. The number of nitriles is 1. The van der Waals surface area contributed by atoms with E-state index in [2.05, 4.69) is 16.6 Å². The molecular weight excluding hydrogens is 166 g/mol. The van der Waals surface area contributed by atoms with E-state index in [-0.39, 0.29) is 12.0 Å². The lowest BCUT2D eigenvalue weighted by molar-refractivity contribution is 0.145. The molecule has 0 saturated carbocycles. The molecule has 1 fully saturated rings. The van der Waals surface area contributed by atoms with Crippen molar-refractivity contribution in [1.82, 2.24) is 5.43 Å². The van der Waals surface area contributed by atoms with E-state index in [1.807, 2.05) is 13.8 Å². The molecule has 1 heterocycles.